The highest BCUT2D eigenvalue weighted by molar-refractivity contribution is 5.88. The number of hydrogen-bond donors (Lipinski definition) is 1. The van der Waals surface area contributed by atoms with Crippen molar-refractivity contribution in [2.24, 2.45) is 0 Å². The Morgan fingerprint density at radius 2 is 1.80 bits per heavy atom. The van der Waals surface area contributed by atoms with E-state index in [1.807, 2.05) is 37.3 Å². The third-order valence-corrected chi connectivity index (χ3v) is 3.95. The van der Waals surface area contributed by atoms with Crippen LogP contribution in [0.2, 0.25) is 0 Å². The third kappa shape index (κ3) is 3.60. The minimum Gasteiger partial charge on any atom is -0.343 e. The molecule has 106 valence electrons. The van der Waals surface area contributed by atoms with Crippen molar-refractivity contribution < 1.29 is 4.79 Å². The molecule has 0 atom stereocenters. The van der Waals surface area contributed by atoms with Crippen LogP contribution in [0.25, 0.3) is 0 Å². The molecule has 0 aromatic heterocycles. The Morgan fingerprint density at radius 1 is 1.10 bits per heavy atom. The first-order valence-electron chi connectivity index (χ1n) is 7.44. The molecule has 0 unspecified atom stereocenters. The van der Waals surface area contributed by atoms with Gasteiger partial charge in [-0.3, -0.25) is 4.79 Å². The van der Waals surface area contributed by atoms with Crippen molar-refractivity contribution in [3.63, 3.8) is 0 Å². The number of amides is 1. The van der Waals surface area contributed by atoms with Crippen LogP contribution in [-0.2, 0) is 10.3 Å². The summed E-state index contributed by atoms with van der Waals surface area (Å²) in [5, 5.41) is 3.25. The molecule has 0 heterocycles. The number of rotatable bonds is 4. The summed E-state index contributed by atoms with van der Waals surface area (Å²) in [6, 6.07) is 10.4. The van der Waals surface area contributed by atoms with Gasteiger partial charge in [-0.25, -0.2) is 0 Å². The number of allylic oxidation sites excluding steroid dienone is 3. The lowest BCUT2D eigenvalue weighted by Crippen LogP contribution is -2.46. The Kier molecular flexibility index (Phi) is 5.16. The van der Waals surface area contributed by atoms with Crippen molar-refractivity contribution in [1.82, 2.24) is 5.32 Å². The molecule has 0 saturated heterocycles. The van der Waals surface area contributed by atoms with Crippen LogP contribution in [-0.4, -0.2) is 5.91 Å². The highest BCUT2D eigenvalue weighted by Gasteiger charge is 2.34. The van der Waals surface area contributed by atoms with E-state index >= 15 is 0 Å². The molecule has 0 radical (unpaired) electrons. The summed E-state index contributed by atoms with van der Waals surface area (Å²) in [5.74, 6) is -0.00569. The molecule has 1 fully saturated rings. The zero-order chi connectivity index (χ0) is 14.3. The summed E-state index contributed by atoms with van der Waals surface area (Å²) in [7, 11) is 0. The topological polar surface area (TPSA) is 29.1 Å². The van der Waals surface area contributed by atoms with Crippen molar-refractivity contribution in [2.75, 3.05) is 0 Å². The van der Waals surface area contributed by atoms with Crippen LogP contribution in [0.1, 0.15) is 44.6 Å². The lowest BCUT2D eigenvalue weighted by Gasteiger charge is -2.38. The smallest absolute Gasteiger partial charge is 0.244 e. The van der Waals surface area contributed by atoms with Gasteiger partial charge in [0.1, 0.15) is 0 Å². The molecular formula is C18H23NO. The van der Waals surface area contributed by atoms with Gasteiger partial charge >= 0.3 is 0 Å². The average Bonchev–Trinajstić information content (AvgIpc) is 2.49. The Bertz CT molecular complexity index is 481. The second-order valence-corrected chi connectivity index (χ2v) is 5.38. The Morgan fingerprint density at radius 3 is 2.45 bits per heavy atom. The minimum atomic E-state index is -0.184. The van der Waals surface area contributed by atoms with Gasteiger partial charge in [0.2, 0.25) is 5.91 Å². The molecule has 2 nitrogen and oxygen atoms in total. The first kappa shape index (κ1) is 14.6. The average molecular weight is 269 g/mol. The van der Waals surface area contributed by atoms with Crippen LogP contribution < -0.4 is 5.32 Å². The Labute approximate surface area is 121 Å². The lowest BCUT2D eigenvalue weighted by molar-refractivity contribution is -0.118. The molecule has 0 spiro atoms. The summed E-state index contributed by atoms with van der Waals surface area (Å²) < 4.78 is 0. The first-order chi connectivity index (χ1) is 9.77. The zero-order valence-corrected chi connectivity index (χ0v) is 12.1. The van der Waals surface area contributed by atoms with E-state index in [9.17, 15) is 4.79 Å². The van der Waals surface area contributed by atoms with Crippen LogP contribution in [0.4, 0.5) is 0 Å². The largest absolute Gasteiger partial charge is 0.343 e. The molecule has 1 aromatic rings. The maximum atomic E-state index is 12.1. The van der Waals surface area contributed by atoms with Gasteiger partial charge in [0.05, 0.1) is 5.54 Å². The zero-order valence-electron chi connectivity index (χ0n) is 12.1. The molecule has 1 amide bonds. The molecular weight excluding hydrogens is 246 g/mol. The van der Waals surface area contributed by atoms with Gasteiger partial charge in [0.25, 0.3) is 0 Å². The Hall–Kier alpha value is -1.83. The number of benzene rings is 1. The summed E-state index contributed by atoms with van der Waals surface area (Å²) in [5.41, 5.74) is 1.05. The summed E-state index contributed by atoms with van der Waals surface area (Å²) in [4.78, 5) is 12.1. The van der Waals surface area contributed by atoms with Crippen molar-refractivity contribution in [3.8, 4) is 0 Å². The number of hydrogen-bond acceptors (Lipinski definition) is 1. The van der Waals surface area contributed by atoms with Gasteiger partial charge in [-0.1, -0.05) is 67.8 Å². The normalized spacial score (nSPS) is 18.4. The second kappa shape index (κ2) is 7.09. The van der Waals surface area contributed by atoms with E-state index in [-0.39, 0.29) is 11.4 Å². The highest BCUT2D eigenvalue weighted by atomic mass is 16.1. The van der Waals surface area contributed by atoms with E-state index < -0.39 is 0 Å². The summed E-state index contributed by atoms with van der Waals surface area (Å²) >= 11 is 0. The van der Waals surface area contributed by atoms with Crippen molar-refractivity contribution in [2.45, 2.75) is 44.6 Å². The predicted molar refractivity (Wildman–Crippen MR) is 83.3 cm³/mol. The fourth-order valence-corrected chi connectivity index (χ4v) is 2.93. The van der Waals surface area contributed by atoms with Gasteiger partial charge in [0, 0.05) is 6.08 Å². The first-order valence-corrected chi connectivity index (χ1v) is 7.44. The second-order valence-electron chi connectivity index (χ2n) is 5.38. The van der Waals surface area contributed by atoms with E-state index in [1.54, 1.807) is 12.2 Å². The molecule has 0 bridgehead atoms. The van der Waals surface area contributed by atoms with E-state index in [1.165, 1.54) is 24.8 Å². The van der Waals surface area contributed by atoms with E-state index in [2.05, 4.69) is 17.4 Å². The number of carbonyl (C=O) groups is 1. The van der Waals surface area contributed by atoms with Gasteiger partial charge < -0.3 is 5.32 Å². The highest BCUT2D eigenvalue weighted by Crippen LogP contribution is 2.37. The maximum absolute atomic E-state index is 12.1. The molecule has 0 aliphatic heterocycles. The molecule has 1 aliphatic rings. The fourth-order valence-electron chi connectivity index (χ4n) is 2.93. The third-order valence-electron chi connectivity index (χ3n) is 3.95. The number of nitrogens with one attached hydrogen (secondary N) is 1. The van der Waals surface area contributed by atoms with E-state index in [0.29, 0.717) is 0 Å². The van der Waals surface area contributed by atoms with Crippen molar-refractivity contribution >= 4 is 5.91 Å². The molecule has 1 saturated carbocycles. The minimum absolute atomic E-state index is 0.00569. The van der Waals surface area contributed by atoms with E-state index in [0.717, 1.165) is 12.8 Å². The van der Waals surface area contributed by atoms with Crippen molar-refractivity contribution in [1.29, 1.82) is 0 Å². The van der Waals surface area contributed by atoms with Gasteiger partial charge in [-0.2, -0.15) is 0 Å². The van der Waals surface area contributed by atoms with E-state index in [4.69, 9.17) is 0 Å². The Balaban J connectivity index is 2.18. The predicted octanol–water partition coefficient (Wildman–Crippen LogP) is 4.09. The molecule has 2 heteroatoms. The van der Waals surface area contributed by atoms with Crippen LogP contribution >= 0.6 is 0 Å². The maximum Gasteiger partial charge on any atom is 0.244 e. The quantitative estimate of drug-likeness (QED) is 0.647. The van der Waals surface area contributed by atoms with Crippen molar-refractivity contribution in [3.05, 3.63) is 60.2 Å². The molecule has 1 aromatic carbocycles. The van der Waals surface area contributed by atoms with Crippen LogP contribution in [0.5, 0.6) is 0 Å². The monoisotopic (exact) mass is 269 g/mol. The SMILES string of the molecule is C/C=C/C=C/C(=O)NC1(c2ccccc2)CCCCC1. The molecule has 1 aliphatic carbocycles. The van der Waals surface area contributed by atoms with Gasteiger partial charge in [-0.05, 0) is 25.3 Å². The van der Waals surface area contributed by atoms with Crippen LogP contribution in [0.15, 0.2) is 54.6 Å². The van der Waals surface area contributed by atoms with Gasteiger partial charge in [0.15, 0.2) is 0 Å². The molecule has 2 rings (SSSR count). The fraction of sp³-hybridized carbons (Fsp3) is 0.389. The van der Waals surface area contributed by atoms with Crippen LogP contribution in [0, 0.1) is 0 Å². The standard InChI is InChI=1S/C18H23NO/c1-2-3-6-13-17(20)19-18(14-9-5-10-15-18)16-11-7-4-8-12-16/h2-4,6-8,11-13H,5,9-10,14-15H2,1H3,(H,19,20)/b3-2+,13-6+. The van der Waals surface area contributed by atoms with Gasteiger partial charge in [-0.15, -0.1) is 0 Å². The summed E-state index contributed by atoms with van der Waals surface area (Å²) in [6.45, 7) is 1.94. The lowest BCUT2D eigenvalue weighted by atomic mass is 9.76. The molecule has 1 N–H and O–H groups in total. The van der Waals surface area contributed by atoms with Crippen LogP contribution in [0.3, 0.4) is 0 Å². The summed E-state index contributed by atoms with van der Waals surface area (Å²) in [6.07, 6.45) is 12.9. The molecule has 20 heavy (non-hydrogen) atoms. The number of carbonyl (C=O) groups excluding carboxylic acids is 1.